The first-order valence-electron chi connectivity index (χ1n) is 6.73. The molecule has 2 heteroatoms. The molecule has 102 valence electrons. The van der Waals surface area contributed by atoms with Gasteiger partial charge in [-0.1, -0.05) is 30.3 Å². The van der Waals surface area contributed by atoms with Gasteiger partial charge in [0.2, 0.25) is 0 Å². The second-order valence-electron chi connectivity index (χ2n) is 6.55. The summed E-state index contributed by atoms with van der Waals surface area (Å²) < 4.78 is 0. The van der Waals surface area contributed by atoms with Crippen LogP contribution in [0.1, 0.15) is 52.5 Å². The van der Waals surface area contributed by atoms with Crippen molar-refractivity contribution >= 4 is 12.4 Å². The summed E-state index contributed by atoms with van der Waals surface area (Å²) in [6.45, 7) is 10.6. The van der Waals surface area contributed by atoms with Gasteiger partial charge in [-0.2, -0.15) is 0 Å². The Morgan fingerprint density at radius 1 is 0.944 bits per heavy atom. The highest BCUT2D eigenvalue weighted by atomic mass is 35.5. The summed E-state index contributed by atoms with van der Waals surface area (Å²) in [4.78, 5) is 2.68. The highest BCUT2D eigenvalue weighted by Crippen LogP contribution is 2.39. The Hall–Kier alpha value is -0.530. The molecule has 1 aliphatic rings. The predicted molar refractivity (Wildman–Crippen MR) is 81.2 cm³/mol. The van der Waals surface area contributed by atoms with Gasteiger partial charge in [-0.05, 0) is 52.5 Å². The van der Waals surface area contributed by atoms with Gasteiger partial charge in [0.05, 0.1) is 0 Å². The molecule has 0 N–H and O–H groups in total. The number of likely N-dealkylation sites (tertiary alicyclic amines) is 1. The van der Waals surface area contributed by atoms with E-state index in [1.807, 2.05) is 0 Å². The monoisotopic (exact) mass is 267 g/mol. The fourth-order valence-electron chi connectivity index (χ4n) is 3.24. The van der Waals surface area contributed by atoms with E-state index >= 15 is 0 Å². The van der Waals surface area contributed by atoms with Crippen molar-refractivity contribution in [2.75, 3.05) is 0 Å². The molecule has 1 aromatic carbocycles. The quantitative estimate of drug-likeness (QED) is 0.754. The average molecular weight is 268 g/mol. The van der Waals surface area contributed by atoms with E-state index in [1.54, 1.807) is 0 Å². The van der Waals surface area contributed by atoms with Crippen molar-refractivity contribution < 1.29 is 0 Å². The van der Waals surface area contributed by atoms with Crippen molar-refractivity contribution in [1.82, 2.24) is 4.90 Å². The summed E-state index contributed by atoms with van der Waals surface area (Å²) in [5, 5.41) is 0. The van der Waals surface area contributed by atoms with Crippen molar-refractivity contribution in [3.05, 3.63) is 35.9 Å². The zero-order chi connectivity index (χ0) is 12.5. The summed E-state index contributed by atoms with van der Waals surface area (Å²) in [7, 11) is 0. The smallest absolute Gasteiger partial charge is 0.0244 e. The van der Waals surface area contributed by atoms with Gasteiger partial charge in [-0.15, -0.1) is 12.4 Å². The van der Waals surface area contributed by atoms with Crippen molar-refractivity contribution in [2.45, 2.75) is 64.6 Å². The van der Waals surface area contributed by atoms with Crippen LogP contribution in [0.4, 0.5) is 0 Å². The molecule has 0 atom stereocenters. The minimum Gasteiger partial charge on any atom is -0.289 e. The highest BCUT2D eigenvalue weighted by Gasteiger charge is 2.40. The molecule has 0 aliphatic carbocycles. The Labute approximate surface area is 118 Å². The van der Waals surface area contributed by atoms with Gasteiger partial charge in [-0.3, -0.25) is 4.90 Å². The van der Waals surface area contributed by atoms with Crippen molar-refractivity contribution in [2.24, 2.45) is 0 Å². The molecule has 1 saturated heterocycles. The summed E-state index contributed by atoms with van der Waals surface area (Å²) in [5.41, 5.74) is 2.06. The number of piperidine rings is 1. The largest absolute Gasteiger partial charge is 0.289 e. The Morgan fingerprint density at radius 2 is 1.44 bits per heavy atom. The first kappa shape index (κ1) is 15.5. The first-order chi connectivity index (χ1) is 7.92. The van der Waals surface area contributed by atoms with E-state index in [-0.39, 0.29) is 12.4 Å². The van der Waals surface area contributed by atoms with E-state index < -0.39 is 0 Å². The Kier molecular flexibility index (Phi) is 4.85. The lowest BCUT2D eigenvalue weighted by molar-refractivity contribution is -0.0340. The van der Waals surface area contributed by atoms with Gasteiger partial charge in [0.15, 0.2) is 0 Å². The third kappa shape index (κ3) is 3.27. The van der Waals surface area contributed by atoms with E-state index in [1.165, 1.54) is 24.8 Å². The van der Waals surface area contributed by atoms with Gasteiger partial charge < -0.3 is 0 Å². The van der Waals surface area contributed by atoms with E-state index in [9.17, 15) is 0 Å². The van der Waals surface area contributed by atoms with Crippen LogP contribution in [0, 0.1) is 0 Å². The molecule has 0 unspecified atom stereocenters. The standard InChI is InChI=1S/C16H25N.ClH/c1-15(2)11-8-12-16(3,4)17(15)13-14-9-6-5-7-10-14;/h5-7,9-10H,8,11-13H2,1-4H3;1H. The third-order valence-corrected chi connectivity index (χ3v) is 4.22. The second-order valence-corrected chi connectivity index (χ2v) is 6.55. The van der Waals surface area contributed by atoms with Crippen molar-refractivity contribution in [1.29, 1.82) is 0 Å². The predicted octanol–water partition coefficient (Wildman–Crippen LogP) is 4.65. The SMILES string of the molecule is CC1(C)CCCC(C)(C)N1Cc1ccccc1.Cl. The molecule has 0 amide bonds. The van der Waals surface area contributed by atoms with Crippen LogP contribution in [0.3, 0.4) is 0 Å². The van der Waals surface area contributed by atoms with Crippen molar-refractivity contribution in [3.63, 3.8) is 0 Å². The van der Waals surface area contributed by atoms with Gasteiger partial charge in [-0.25, -0.2) is 0 Å². The molecular formula is C16H26ClN. The van der Waals surface area contributed by atoms with Crippen LogP contribution < -0.4 is 0 Å². The van der Waals surface area contributed by atoms with Crippen LogP contribution in [-0.2, 0) is 6.54 Å². The zero-order valence-corrected chi connectivity index (χ0v) is 12.9. The molecule has 1 heterocycles. The number of halogens is 1. The molecule has 0 saturated carbocycles. The maximum atomic E-state index is 2.68. The number of benzene rings is 1. The molecule has 1 fully saturated rings. The Balaban J connectivity index is 0.00000162. The van der Waals surface area contributed by atoms with Crippen LogP contribution in [0.15, 0.2) is 30.3 Å². The van der Waals surface area contributed by atoms with Gasteiger partial charge in [0, 0.05) is 17.6 Å². The molecule has 18 heavy (non-hydrogen) atoms. The Bertz CT molecular complexity index is 354. The molecule has 0 spiro atoms. The summed E-state index contributed by atoms with van der Waals surface area (Å²) in [6.07, 6.45) is 3.97. The molecule has 2 rings (SSSR count). The van der Waals surface area contributed by atoms with E-state index in [0.29, 0.717) is 11.1 Å². The van der Waals surface area contributed by atoms with Crippen LogP contribution in [0.25, 0.3) is 0 Å². The van der Waals surface area contributed by atoms with Crippen LogP contribution in [-0.4, -0.2) is 16.0 Å². The van der Waals surface area contributed by atoms with Crippen molar-refractivity contribution in [3.8, 4) is 0 Å². The Morgan fingerprint density at radius 3 is 1.94 bits per heavy atom. The molecule has 1 nitrogen and oxygen atoms in total. The fourth-order valence-corrected chi connectivity index (χ4v) is 3.24. The fraction of sp³-hybridized carbons (Fsp3) is 0.625. The molecule has 0 aromatic heterocycles. The minimum atomic E-state index is 0. The zero-order valence-electron chi connectivity index (χ0n) is 12.1. The van der Waals surface area contributed by atoms with E-state index in [0.717, 1.165) is 6.54 Å². The lowest BCUT2D eigenvalue weighted by atomic mass is 9.79. The van der Waals surface area contributed by atoms with Crippen LogP contribution in [0.2, 0.25) is 0 Å². The molecule has 0 bridgehead atoms. The number of hydrogen-bond donors (Lipinski definition) is 0. The molecule has 1 aromatic rings. The third-order valence-electron chi connectivity index (χ3n) is 4.22. The van der Waals surface area contributed by atoms with Gasteiger partial charge >= 0.3 is 0 Å². The number of rotatable bonds is 2. The summed E-state index contributed by atoms with van der Waals surface area (Å²) in [6, 6.07) is 10.8. The maximum Gasteiger partial charge on any atom is 0.0244 e. The van der Waals surface area contributed by atoms with Crippen LogP contribution in [0.5, 0.6) is 0 Å². The first-order valence-corrected chi connectivity index (χ1v) is 6.73. The summed E-state index contributed by atoms with van der Waals surface area (Å²) >= 11 is 0. The summed E-state index contributed by atoms with van der Waals surface area (Å²) in [5.74, 6) is 0. The highest BCUT2D eigenvalue weighted by molar-refractivity contribution is 5.85. The van der Waals surface area contributed by atoms with Gasteiger partial charge in [0.25, 0.3) is 0 Å². The number of nitrogens with zero attached hydrogens (tertiary/aromatic N) is 1. The normalized spacial score (nSPS) is 22.2. The van der Waals surface area contributed by atoms with Crippen LogP contribution >= 0.6 is 12.4 Å². The lowest BCUT2D eigenvalue weighted by Crippen LogP contribution is -2.57. The second kappa shape index (κ2) is 5.63. The van der Waals surface area contributed by atoms with E-state index in [2.05, 4.69) is 62.9 Å². The maximum absolute atomic E-state index is 2.68. The molecule has 1 aliphatic heterocycles. The minimum absolute atomic E-state index is 0. The molecule has 0 radical (unpaired) electrons. The number of hydrogen-bond acceptors (Lipinski definition) is 1. The van der Waals surface area contributed by atoms with Gasteiger partial charge in [0.1, 0.15) is 0 Å². The topological polar surface area (TPSA) is 3.24 Å². The average Bonchev–Trinajstić information content (AvgIpc) is 2.25. The van der Waals surface area contributed by atoms with E-state index in [4.69, 9.17) is 0 Å². The lowest BCUT2D eigenvalue weighted by Gasteiger charge is -2.53. The molecular weight excluding hydrogens is 242 g/mol.